The minimum absolute atomic E-state index is 0.145. The molecule has 2 aromatic carbocycles. The molecule has 0 saturated heterocycles. The Labute approximate surface area is 278 Å². The van der Waals surface area contributed by atoms with Gasteiger partial charge in [-0.3, -0.25) is 19.0 Å². The summed E-state index contributed by atoms with van der Waals surface area (Å²) in [5.74, 6) is -2.84. The number of nitrogens with zero attached hydrogens (tertiary/aromatic N) is 2. The molecule has 44 heavy (non-hydrogen) atoms. The molecule has 4 rings (SSSR count). The van der Waals surface area contributed by atoms with E-state index in [0.29, 0.717) is 21.8 Å². The summed E-state index contributed by atoms with van der Waals surface area (Å²) < 4.78 is 22.8. The van der Waals surface area contributed by atoms with Crippen LogP contribution < -0.4 is 16.9 Å². The van der Waals surface area contributed by atoms with E-state index in [-0.39, 0.29) is 37.6 Å². The van der Waals surface area contributed by atoms with Crippen LogP contribution in [0.4, 0.5) is 0 Å². The number of hydrogen-bond acceptors (Lipinski definition) is 11. The Morgan fingerprint density at radius 1 is 0.773 bits per heavy atom. The van der Waals surface area contributed by atoms with Crippen molar-refractivity contribution in [3.63, 3.8) is 0 Å². The molecular formula is C29H30I2N2O11. The van der Waals surface area contributed by atoms with Gasteiger partial charge in [0.1, 0.15) is 12.2 Å². The SMILES string of the molecule is CCOC(=O)CC(=O)OCC.CCOC(=O)c1c(O)c2cc(I)ccc2n(C)c1=O.Cn1c(=O)oc(=O)c2cc(I)ccc21. The largest absolute Gasteiger partial charge is 0.506 e. The molecule has 0 amide bonds. The number of benzene rings is 2. The first-order valence-corrected chi connectivity index (χ1v) is 15.2. The lowest BCUT2D eigenvalue weighted by molar-refractivity contribution is -0.153. The van der Waals surface area contributed by atoms with E-state index in [1.165, 1.54) is 9.13 Å². The lowest BCUT2D eigenvalue weighted by Crippen LogP contribution is -2.26. The number of halogens is 2. The molecule has 15 heteroatoms. The van der Waals surface area contributed by atoms with Gasteiger partial charge in [0, 0.05) is 26.6 Å². The van der Waals surface area contributed by atoms with Gasteiger partial charge in [-0.1, -0.05) is 0 Å². The third-order valence-corrected chi connectivity index (χ3v) is 7.04. The number of hydrogen-bond donors (Lipinski definition) is 1. The van der Waals surface area contributed by atoms with Crippen LogP contribution in [0, 0.1) is 7.14 Å². The monoisotopic (exact) mass is 836 g/mol. The highest BCUT2D eigenvalue weighted by Gasteiger charge is 2.22. The van der Waals surface area contributed by atoms with Crippen molar-refractivity contribution < 1.29 is 38.1 Å². The second kappa shape index (κ2) is 16.9. The number of ether oxygens (including phenoxy) is 3. The predicted octanol–water partition coefficient (Wildman–Crippen LogP) is 3.62. The quantitative estimate of drug-likeness (QED) is 0.130. The van der Waals surface area contributed by atoms with E-state index in [1.807, 2.05) is 12.1 Å². The zero-order valence-corrected chi connectivity index (χ0v) is 28.8. The van der Waals surface area contributed by atoms with Gasteiger partial charge in [0.15, 0.2) is 5.56 Å². The number of carbonyl (C=O) groups is 3. The van der Waals surface area contributed by atoms with Crippen molar-refractivity contribution in [2.45, 2.75) is 27.2 Å². The first-order chi connectivity index (χ1) is 20.8. The molecule has 2 aromatic heterocycles. The zero-order chi connectivity index (χ0) is 33.1. The second-order valence-corrected chi connectivity index (χ2v) is 11.1. The number of carbonyl (C=O) groups excluding carboxylic acids is 3. The van der Waals surface area contributed by atoms with E-state index < -0.39 is 34.8 Å². The molecule has 236 valence electrons. The summed E-state index contributed by atoms with van der Waals surface area (Å²) in [5, 5.41) is 11.0. The molecule has 0 aliphatic carbocycles. The summed E-state index contributed by atoms with van der Waals surface area (Å²) in [4.78, 5) is 67.5. The third-order valence-electron chi connectivity index (χ3n) is 5.70. The van der Waals surface area contributed by atoms with Gasteiger partial charge in [-0.2, -0.15) is 0 Å². The van der Waals surface area contributed by atoms with Gasteiger partial charge in [-0.25, -0.2) is 14.4 Å². The summed E-state index contributed by atoms with van der Waals surface area (Å²) in [6, 6.07) is 10.5. The minimum atomic E-state index is -0.804. The van der Waals surface area contributed by atoms with Gasteiger partial charge in [0.2, 0.25) is 0 Å². The van der Waals surface area contributed by atoms with Crippen LogP contribution in [0.5, 0.6) is 5.75 Å². The minimum Gasteiger partial charge on any atom is -0.506 e. The molecule has 1 N–H and O–H groups in total. The smallest absolute Gasteiger partial charge is 0.422 e. The van der Waals surface area contributed by atoms with Gasteiger partial charge in [0.25, 0.3) is 5.56 Å². The molecule has 0 spiro atoms. The summed E-state index contributed by atoms with van der Waals surface area (Å²) in [5.41, 5.74) is -0.312. The van der Waals surface area contributed by atoms with E-state index in [1.54, 1.807) is 59.1 Å². The molecule has 2 heterocycles. The fourth-order valence-corrected chi connectivity index (χ4v) is 4.68. The first kappa shape index (κ1) is 36.5. The molecule has 0 aliphatic heterocycles. The topological polar surface area (TPSA) is 173 Å². The molecule has 0 fully saturated rings. The van der Waals surface area contributed by atoms with Crippen molar-refractivity contribution >= 4 is 84.9 Å². The van der Waals surface area contributed by atoms with Crippen molar-refractivity contribution in [3.8, 4) is 5.75 Å². The average molecular weight is 836 g/mol. The van der Waals surface area contributed by atoms with Crippen molar-refractivity contribution in [3.05, 3.63) is 80.4 Å². The number of fused-ring (bicyclic) bond motifs is 2. The van der Waals surface area contributed by atoms with Gasteiger partial charge < -0.3 is 28.3 Å². The molecule has 0 saturated carbocycles. The maximum atomic E-state index is 12.1. The molecule has 4 aromatic rings. The molecule has 0 unspecified atom stereocenters. The Bertz CT molecular complexity index is 1840. The third kappa shape index (κ3) is 9.38. The number of aryl methyl sites for hydroxylation is 2. The van der Waals surface area contributed by atoms with Crippen molar-refractivity contribution in [2.75, 3.05) is 19.8 Å². The van der Waals surface area contributed by atoms with Crippen LogP contribution in [0.15, 0.2) is 55.2 Å². The summed E-state index contributed by atoms with van der Waals surface area (Å²) in [7, 11) is 3.13. The highest BCUT2D eigenvalue weighted by Crippen LogP contribution is 2.28. The number of rotatable bonds is 6. The standard InChI is InChI=1S/C13H12INO4.C9H6INO3.C7H12O4/c1-3-19-13(18)10-11(16)8-6-7(14)4-5-9(8)15(2)12(10)17;1-11-7-3-2-5(10)4-6(7)8(12)14-9(11)13;1-3-10-6(8)5-7(9)11-4-2/h4-6,16H,3H2,1-2H3;2-4H,1H3;3-5H2,1-2H3. The van der Waals surface area contributed by atoms with Crippen LogP contribution >= 0.6 is 45.2 Å². The van der Waals surface area contributed by atoms with Crippen molar-refractivity contribution in [1.82, 2.24) is 9.13 Å². The number of esters is 3. The predicted molar refractivity (Wildman–Crippen MR) is 178 cm³/mol. The van der Waals surface area contributed by atoms with Crippen LogP contribution in [0.25, 0.3) is 21.8 Å². The zero-order valence-electron chi connectivity index (χ0n) is 24.5. The van der Waals surface area contributed by atoms with E-state index >= 15 is 0 Å². The lowest BCUT2D eigenvalue weighted by atomic mass is 10.1. The maximum Gasteiger partial charge on any atom is 0.422 e. The Morgan fingerprint density at radius 2 is 1.25 bits per heavy atom. The maximum absolute atomic E-state index is 12.1. The summed E-state index contributed by atoms with van der Waals surface area (Å²) >= 11 is 4.19. The molecule has 13 nitrogen and oxygen atoms in total. The van der Waals surface area contributed by atoms with Crippen molar-refractivity contribution in [2.24, 2.45) is 14.1 Å². The Morgan fingerprint density at radius 3 is 1.75 bits per heavy atom. The normalized spacial score (nSPS) is 10.2. The average Bonchev–Trinajstić information content (AvgIpc) is 2.96. The van der Waals surface area contributed by atoms with Crippen LogP contribution in [0.3, 0.4) is 0 Å². The number of pyridine rings is 1. The van der Waals surface area contributed by atoms with Gasteiger partial charge in [0.05, 0.1) is 36.2 Å². The number of aromatic nitrogens is 2. The van der Waals surface area contributed by atoms with Crippen LogP contribution in [0.1, 0.15) is 37.6 Å². The van der Waals surface area contributed by atoms with Crippen LogP contribution in [-0.4, -0.2) is 52.0 Å². The summed E-state index contributed by atoms with van der Waals surface area (Å²) in [6.07, 6.45) is -0.290. The van der Waals surface area contributed by atoms with Crippen LogP contribution in [0.2, 0.25) is 0 Å². The first-order valence-electron chi connectivity index (χ1n) is 13.1. The highest BCUT2D eigenvalue weighted by molar-refractivity contribution is 14.1. The fraction of sp³-hybridized carbons (Fsp3) is 0.310. The second-order valence-electron chi connectivity index (χ2n) is 8.63. The molecule has 0 atom stereocenters. The molecule has 0 aliphatic rings. The Kier molecular flexibility index (Phi) is 14.0. The van der Waals surface area contributed by atoms with Gasteiger partial charge >= 0.3 is 29.3 Å². The van der Waals surface area contributed by atoms with E-state index in [9.17, 15) is 33.9 Å². The molecule has 0 bridgehead atoms. The van der Waals surface area contributed by atoms with E-state index in [4.69, 9.17) is 4.74 Å². The van der Waals surface area contributed by atoms with E-state index in [2.05, 4.69) is 59.1 Å². The molecule has 0 radical (unpaired) electrons. The van der Waals surface area contributed by atoms with Crippen molar-refractivity contribution in [1.29, 1.82) is 0 Å². The Balaban J connectivity index is 0.000000240. The Hall–Kier alpha value is -3.74. The number of aromatic hydroxyl groups is 1. The molecular weight excluding hydrogens is 806 g/mol. The van der Waals surface area contributed by atoms with Gasteiger partial charge in [-0.05, 0) is 102 Å². The fourth-order valence-electron chi connectivity index (χ4n) is 3.70. The lowest BCUT2D eigenvalue weighted by Gasteiger charge is -2.11. The van der Waals surface area contributed by atoms with E-state index in [0.717, 1.165) is 7.14 Å². The van der Waals surface area contributed by atoms with Crippen LogP contribution in [-0.2, 0) is 37.9 Å². The highest BCUT2D eigenvalue weighted by atomic mass is 127. The van der Waals surface area contributed by atoms with Gasteiger partial charge in [-0.15, -0.1) is 0 Å². The summed E-state index contributed by atoms with van der Waals surface area (Å²) in [6.45, 7) is 5.73.